The Hall–Kier alpha value is -2.58. The number of aromatic nitrogens is 1. The van der Waals surface area contributed by atoms with Crippen LogP contribution in [0.3, 0.4) is 0 Å². The zero-order chi connectivity index (χ0) is 19.0. The van der Waals surface area contributed by atoms with Gasteiger partial charge < -0.3 is 14.3 Å². The van der Waals surface area contributed by atoms with Gasteiger partial charge in [-0.25, -0.2) is 4.98 Å². The van der Waals surface area contributed by atoms with E-state index in [1.165, 1.54) is 31.4 Å². The van der Waals surface area contributed by atoms with Crippen LogP contribution in [-0.2, 0) is 19.1 Å². The van der Waals surface area contributed by atoms with Gasteiger partial charge in [-0.15, -0.1) is 0 Å². The zero-order valence-corrected chi connectivity index (χ0v) is 14.8. The molecular weight excluding hydrogens is 326 g/mol. The number of ether oxygens (including phenoxy) is 2. The summed E-state index contributed by atoms with van der Waals surface area (Å²) in [5.41, 5.74) is 0.146. The van der Waals surface area contributed by atoms with Gasteiger partial charge in [0.2, 0.25) is 0 Å². The summed E-state index contributed by atoms with van der Waals surface area (Å²) in [4.78, 5) is 42.6. The van der Waals surface area contributed by atoms with Gasteiger partial charge in [0.15, 0.2) is 0 Å². The van der Waals surface area contributed by atoms with Crippen molar-refractivity contribution in [1.82, 2.24) is 9.88 Å². The van der Waals surface area contributed by atoms with Crippen LogP contribution >= 0.6 is 0 Å². The van der Waals surface area contributed by atoms with Crippen LogP contribution in [0.1, 0.15) is 24.2 Å². The Kier molecular flexibility index (Phi) is 7.90. The number of methoxy groups -OCH3 is 2. The molecule has 0 saturated heterocycles. The third-order valence-corrected chi connectivity index (χ3v) is 3.67. The van der Waals surface area contributed by atoms with Gasteiger partial charge >= 0.3 is 0 Å². The summed E-state index contributed by atoms with van der Waals surface area (Å²) in [5.74, 6) is -0.911. The number of carbonyl (C=O) groups excluding carboxylic acids is 3. The highest BCUT2D eigenvalue weighted by molar-refractivity contribution is 6.07. The maximum absolute atomic E-state index is 13.1. The predicted octanol–water partition coefficient (Wildman–Crippen LogP) is 1.23. The molecule has 2 unspecified atom stereocenters. The van der Waals surface area contributed by atoms with Crippen molar-refractivity contribution in [3.8, 4) is 0 Å². The minimum Gasteiger partial charge on any atom is -0.362 e. The van der Waals surface area contributed by atoms with Gasteiger partial charge in [-0.1, -0.05) is 6.58 Å². The molecule has 8 heteroatoms. The lowest BCUT2D eigenvalue weighted by atomic mass is 10.2. The van der Waals surface area contributed by atoms with Crippen molar-refractivity contribution in [2.75, 3.05) is 25.7 Å². The second kappa shape index (κ2) is 9.65. The van der Waals surface area contributed by atoms with E-state index in [9.17, 15) is 14.4 Å². The molecule has 0 N–H and O–H groups in total. The quantitative estimate of drug-likeness (QED) is 0.378. The molecule has 0 bridgehead atoms. The molecule has 0 aliphatic rings. The SMILES string of the molecule is C=CC(=O)N(CC=O)c1ncccc1C(=O)N(C(C)OC)C(C)OC. The Labute approximate surface area is 147 Å². The minimum atomic E-state index is -0.579. The molecule has 0 radical (unpaired) electrons. The van der Waals surface area contributed by atoms with Crippen LogP contribution in [-0.4, -0.2) is 61.2 Å². The van der Waals surface area contributed by atoms with Gasteiger partial charge in [-0.05, 0) is 32.1 Å². The largest absolute Gasteiger partial charge is 0.362 e. The van der Waals surface area contributed by atoms with E-state index in [1.54, 1.807) is 19.9 Å². The highest BCUT2D eigenvalue weighted by atomic mass is 16.5. The van der Waals surface area contributed by atoms with E-state index < -0.39 is 24.3 Å². The van der Waals surface area contributed by atoms with Crippen molar-refractivity contribution in [2.24, 2.45) is 0 Å². The first-order valence-electron chi connectivity index (χ1n) is 7.63. The normalized spacial score (nSPS) is 12.8. The molecule has 25 heavy (non-hydrogen) atoms. The van der Waals surface area contributed by atoms with Gasteiger partial charge in [0.05, 0.1) is 12.1 Å². The Morgan fingerprint density at radius 2 is 1.88 bits per heavy atom. The Morgan fingerprint density at radius 1 is 1.28 bits per heavy atom. The van der Waals surface area contributed by atoms with Crippen molar-refractivity contribution in [1.29, 1.82) is 0 Å². The van der Waals surface area contributed by atoms with Crippen molar-refractivity contribution < 1.29 is 23.9 Å². The molecule has 0 fully saturated rings. The lowest BCUT2D eigenvalue weighted by molar-refractivity contribution is -0.116. The smallest absolute Gasteiger partial charge is 0.261 e. The highest BCUT2D eigenvalue weighted by Crippen LogP contribution is 2.22. The summed E-state index contributed by atoms with van der Waals surface area (Å²) < 4.78 is 10.5. The van der Waals surface area contributed by atoms with Crippen LogP contribution in [0.4, 0.5) is 5.82 Å². The van der Waals surface area contributed by atoms with Gasteiger partial charge in [0, 0.05) is 20.4 Å². The van der Waals surface area contributed by atoms with E-state index in [0.717, 1.165) is 11.0 Å². The van der Waals surface area contributed by atoms with Crippen LogP contribution in [0.15, 0.2) is 31.0 Å². The van der Waals surface area contributed by atoms with Crippen LogP contribution in [0.2, 0.25) is 0 Å². The summed E-state index contributed by atoms with van der Waals surface area (Å²) >= 11 is 0. The first-order chi connectivity index (χ1) is 11.9. The van der Waals surface area contributed by atoms with Crippen molar-refractivity contribution in [3.05, 3.63) is 36.5 Å². The lowest BCUT2D eigenvalue weighted by Gasteiger charge is -2.33. The molecule has 1 heterocycles. The molecular formula is C17H23N3O5. The topological polar surface area (TPSA) is 89.0 Å². The van der Waals surface area contributed by atoms with E-state index in [0.29, 0.717) is 6.29 Å². The van der Waals surface area contributed by atoms with Gasteiger partial charge in [-0.2, -0.15) is 0 Å². The zero-order valence-electron chi connectivity index (χ0n) is 14.8. The number of nitrogens with zero attached hydrogens (tertiary/aromatic N) is 3. The maximum atomic E-state index is 13.1. The fraction of sp³-hybridized carbons (Fsp3) is 0.412. The number of carbonyl (C=O) groups is 3. The second-order valence-corrected chi connectivity index (χ2v) is 5.08. The molecule has 2 amide bonds. The predicted molar refractivity (Wildman–Crippen MR) is 92.0 cm³/mol. The fourth-order valence-corrected chi connectivity index (χ4v) is 2.24. The third-order valence-electron chi connectivity index (χ3n) is 3.67. The molecule has 136 valence electrons. The molecule has 1 aromatic heterocycles. The number of aldehydes is 1. The minimum absolute atomic E-state index is 0.0705. The summed E-state index contributed by atoms with van der Waals surface area (Å²) in [6.07, 6.45) is 1.89. The van der Waals surface area contributed by atoms with Crippen LogP contribution in [0.25, 0.3) is 0 Å². The molecule has 0 aliphatic heterocycles. The number of rotatable bonds is 9. The highest BCUT2D eigenvalue weighted by Gasteiger charge is 2.30. The first kappa shape index (κ1) is 20.5. The van der Waals surface area contributed by atoms with E-state index in [1.807, 2.05) is 0 Å². The average Bonchev–Trinajstić information content (AvgIpc) is 2.65. The maximum Gasteiger partial charge on any atom is 0.261 e. The Balaban J connectivity index is 3.40. The molecule has 1 aromatic rings. The molecule has 0 aromatic carbocycles. The summed E-state index contributed by atoms with van der Waals surface area (Å²) in [6.45, 7) is 6.56. The molecule has 8 nitrogen and oxygen atoms in total. The van der Waals surface area contributed by atoms with E-state index in [2.05, 4.69) is 11.6 Å². The molecule has 0 spiro atoms. The molecule has 0 aliphatic carbocycles. The van der Waals surface area contributed by atoms with Crippen molar-refractivity contribution in [3.63, 3.8) is 0 Å². The number of hydrogen-bond donors (Lipinski definition) is 0. The van der Waals surface area contributed by atoms with Crippen LogP contribution in [0.5, 0.6) is 0 Å². The number of anilines is 1. The molecule has 0 saturated carbocycles. The first-order valence-corrected chi connectivity index (χ1v) is 7.63. The number of amides is 2. The second-order valence-electron chi connectivity index (χ2n) is 5.08. The monoisotopic (exact) mass is 349 g/mol. The average molecular weight is 349 g/mol. The standard InChI is InChI=1S/C17H23N3O5/c1-6-15(22)19(10-11-21)16-14(8-7-9-18-16)17(23)20(12(2)24-4)13(3)25-5/h6-9,11-13H,1,10H2,2-5H3. The van der Waals surface area contributed by atoms with E-state index in [-0.39, 0.29) is 17.9 Å². The van der Waals surface area contributed by atoms with Crippen LogP contribution in [0, 0.1) is 0 Å². The third kappa shape index (κ3) is 4.71. The fourth-order valence-electron chi connectivity index (χ4n) is 2.24. The number of pyridine rings is 1. The Bertz CT molecular complexity index is 624. The summed E-state index contributed by atoms with van der Waals surface area (Å²) in [5, 5.41) is 0. The van der Waals surface area contributed by atoms with E-state index in [4.69, 9.17) is 9.47 Å². The van der Waals surface area contributed by atoms with Crippen molar-refractivity contribution in [2.45, 2.75) is 26.3 Å². The Morgan fingerprint density at radius 3 is 2.36 bits per heavy atom. The number of hydrogen-bond acceptors (Lipinski definition) is 6. The van der Waals surface area contributed by atoms with Gasteiger partial charge in [0.1, 0.15) is 24.6 Å². The van der Waals surface area contributed by atoms with Gasteiger partial charge in [-0.3, -0.25) is 19.4 Å². The van der Waals surface area contributed by atoms with Gasteiger partial charge in [0.25, 0.3) is 11.8 Å². The van der Waals surface area contributed by atoms with Crippen molar-refractivity contribution >= 4 is 23.9 Å². The lowest BCUT2D eigenvalue weighted by Crippen LogP contribution is -2.47. The summed E-state index contributed by atoms with van der Waals surface area (Å²) in [6, 6.07) is 3.10. The molecule has 1 rings (SSSR count). The molecule has 2 atom stereocenters. The van der Waals surface area contributed by atoms with Crippen LogP contribution < -0.4 is 4.90 Å². The summed E-state index contributed by atoms with van der Waals surface area (Å²) in [7, 11) is 2.94. The van der Waals surface area contributed by atoms with E-state index >= 15 is 0 Å².